The van der Waals surface area contributed by atoms with E-state index in [1.54, 1.807) is 0 Å². The fourth-order valence-corrected chi connectivity index (χ4v) is 3.86. The first-order valence-electron chi connectivity index (χ1n) is 13.8. The number of carbonyl (C=O) groups excluding carboxylic acids is 4. The molecule has 0 aliphatic carbocycles. The van der Waals surface area contributed by atoms with Gasteiger partial charge in [0.1, 0.15) is 26.4 Å². The first-order valence-corrected chi connectivity index (χ1v) is 13.8. The molecule has 0 saturated carbocycles. The third-order valence-electron chi connectivity index (χ3n) is 5.84. The van der Waals surface area contributed by atoms with Crippen LogP contribution >= 0.6 is 0 Å². The van der Waals surface area contributed by atoms with Gasteiger partial charge in [-0.2, -0.15) is 0 Å². The lowest BCUT2D eigenvalue weighted by Gasteiger charge is -2.42. The lowest BCUT2D eigenvalue weighted by Crippen LogP contribution is -2.64. The molecule has 2 rings (SSSR count). The number of aliphatic hydroxyl groups excluding tert-OH is 1. The quantitative estimate of drug-likeness (QED) is 0.0623. The van der Waals surface area contributed by atoms with Gasteiger partial charge in [-0.3, -0.25) is 10.1 Å². The smallest absolute Gasteiger partial charge is 0.459 e. The minimum atomic E-state index is -2.05. The number of rotatable bonds is 17. The number of ether oxygens (including phenoxy) is 9. The standard InChI is InChI=1S/C31H33NO16/c1-6-11-21(33)19-12-13-22(20(18-19)32(38)39)44-28-26(48-31(37)43-17-10-5)24(47-30(36)42-16-9-4)23(46-29(35)41-15-8-3)25(45-28)27(34)40-14-7-2/h1,7-10,12-13,18,21,23-26,28,33H,2-5,11,14-17H2/t21?,23-,24-,25-,26+,28+/m0/s1. The summed E-state index contributed by atoms with van der Waals surface area (Å²) in [6.07, 6.45) is -5.80. The number of nitro benzene ring substituents is 1. The minimum Gasteiger partial charge on any atom is -0.459 e. The van der Waals surface area contributed by atoms with E-state index >= 15 is 0 Å². The first-order chi connectivity index (χ1) is 23.0. The van der Waals surface area contributed by atoms with Gasteiger partial charge in [-0.1, -0.05) is 56.7 Å². The Morgan fingerprint density at radius 2 is 1.38 bits per heavy atom. The lowest BCUT2D eigenvalue weighted by atomic mass is 9.98. The maximum Gasteiger partial charge on any atom is 0.509 e. The molecule has 0 radical (unpaired) electrons. The van der Waals surface area contributed by atoms with Crippen LogP contribution in [-0.4, -0.2) is 91.6 Å². The first kappa shape index (κ1) is 38.3. The van der Waals surface area contributed by atoms with E-state index in [4.69, 9.17) is 49.1 Å². The van der Waals surface area contributed by atoms with Crippen LogP contribution in [0.5, 0.6) is 5.75 Å². The summed E-state index contributed by atoms with van der Waals surface area (Å²) < 4.78 is 47.1. The van der Waals surface area contributed by atoms with Crippen LogP contribution in [0.2, 0.25) is 0 Å². The van der Waals surface area contributed by atoms with Gasteiger partial charge in [-0.15, -0.1) is 12.3 Å². The zero-order valence-corrected chi connectivity index (χ0v) is 25.5. The maximum atomic E-state index is 13.2. The molecule has 6 atom stereocenters. The van der Waals surface area contributed by atoms with Gasteiger partial charge in [0.2, 0.25) is 12.4 Å². The van der Waals surface area contributed by atoms with Crippen molar-refractivity contribution in [3.05, 3.63) is 84.5 Å². The highest BCUT2D eigenvalue weighted by molar-refractivity contribution is 5.77. The minimum absolute atomic E-state index is 0.0564. The van der Waals surface area contributed by atoms with Gasteiger partial charge in [-0.05, 0) is 11.6 Å². The number of hydrogen-bond donors (Lipinski definition) is 1. The fourth-order valence-electron chi connectivity index (χ4n) is 3.86. The predicted octanol–water partition coefficient (Wildman–Crippen LogP) is 3.61. The predicted molar refractivity (Wildman–Crippen MR) is 161 cm³/mol. The molecule has 1 aromatic rings. The molecular formula is C31H33NO16. The SMILES string of the molecule is C#CCC(O)c1ccc(O[C@@H]2O[C@H](C(=O)OCC=C)[C@@H](OC(=O)OCC=C)[C@H](OC(=O)OCC=C)[C@H]2OC(=O)OCC=C)c([N+](=O)[O-])c1. The molecule has 1 aliphatic heterocycles. The summed E-state index contributed by atoms with van der Waals surface area (Å²) in [5.41, 5.74) is -0.666. The summed E-state index contributed by atoms with van der Waals surface area (Å²) >= 11 is 0. The Morgan fingerprint density at radius 3 is 1.88 bits per heavy atom. The highest BCUT2D eigenvalue weighted by atomic mass is 16.8. The van der Waals surface area contributed by atoms with Crippen molar-refractivity contribution in [2.75, 3.05) is 26.4 Å². The molecule has 17 heteroatoms. The van der Waals surface area contributed by atoms with Crippen molar-refractivity contribution >= 4 is 30.1 Å². The van der Waals surface area contributed by atoms with Crippen LogP contribution in [0.3, 0.4) is 0 Å². The van der Waals surface area contributed by atoms with E-state index in [-0.39, 0.29) is 38.4 Å². The largest absolute Gasteiger partial charge is 0.509 e. The van der Waals surface area contributed by atoms with Crippen molar-refractivity contribution in [3.8, 4) is 18.1 Å². The highest BCUT2D eigenvalue weighted by Gasteiger charge is 2.57. The molecule has 1 unspecified atom stereocenters. The van der Waals surface area contributed by atoms with Crippen molar-refractivity contribution < 1.29 is 71.8 Å². The van der Waals surface area contributed by atoms with Gasteiger partial charge < -0.3 is 47.7 Å². The van der Waals surface area contributed by atoms with Gasteiger partial charge in [0.05, 0.1) is 11.0 Å². The fraction of sp³-hybridized carbons (Fsp3) is 0.355. The molecule has 0 amide bonds. The van der Waals surface area contributed by atoms with Gasteiger partial charge in [0.15, 0.2) is 24.1 Å². The lowest BCUT2D eigenvalue weighted by molar-refractivity contribution is -0.387. The van der Waals surface area contributed by atoms with E-state index in [1.807, 2.05) is 0 Å². The number of terminal acetylenes is 1. The summed E-state index contributed by atoms with van der Waals surface area (Å²) in [7, 11) is 0. The second kappa shape index (κ2) is 19.6. The molecule has 1 saturated heterocycles. The summed E-state index contributed by atoms with van der Waals surface area (Å²) in [6.45, 7) is 12.2. The molecule has 17 nitrogen and oxygen atoms in total. The Labute approximate surface area is 274 Å². The highest BCUT2D eigenvalue weighted by Crippen LogP contribution is 2.36. The number of benzene rings is 1. The Morgan fingerprint density at radius 1 is 0.875 bits per heavy atom. The van der Waals surface area contributed by atoms with Crippen molar-refractivity contribution in [1.29, 1.82) is 0 Å². The molecule has 0 spiro atoms. The van der Waals surface area contributed by atoms with E-state index in [0.29, 0.717) is 0 Å². The molecule has 0 bridgehead atoms. The number of nitrogens with zero attached hydrogens (tertiary/aromatic N) is 1. The van der Waals surface area contributed by atoms with Gasteiger partial charge in [-0.25, -0.2) is 19.2 Å². The molecule has 0 aromatic heterocycles. The number of hydrogen-bond acceptors (Lipinski definition) is 16. The molecule has 258 valence electrons. The number of nitro groups is 1. The van der Waals surface area contributed by atoms with E-state index in [1.165, 1.54) is 30.4 Å². The average molecular weight is 676 g/mol. The second-order valence-electron chi connectivity index (χ2n) is 9.17. The van der Waals surface area contributed by atoms with Crippen LogP contribution in [0.15, 0.2) is 68.8 Å². The van der Waals surface area contributed by atoms with E-state index in [9.17, 15) is 34.4 Å². The third kappa shape index (κ3) is 11.2. The summed E-state index contributed by atoms with van der Waals surface area (Å²) in [5.74, 6) is 0.466. The Bertz CT molecular complexity index is 1400. The Balaban J connectivity index is 2.73. The maximum absolute atomic E-state index is 13.2. The molecule has 1 heterocycles. The zero-order chi connectivity index (χ0) is 35.6. The Hall–Kier alpha value is -5.86. The number of aliphatic hydroxyl groups is 1. The average Bonchev–Trinajstić information content (AvgIpc) is 3.06. The van der Waals surface area contributed by atoms with Crippen LogP contribution in [0.4, 0.5) is 20.1 Å². The summed E-state index contributed by atoms with van der Waals surface area (Å²) in [5, 5.41) is 22.3. The second-order valence-corrected chi connectivity index (χ2v) is 9.17. The van der Waals surface area contributed by atoms with Gasteiger partial charge >= 0.3 is 30.1 Å². The molecular weight excluding hydrogens is 642 g/mol. The zero-order valence-electron chi connectivity index (χ0n) is 25.5. The van der Waals surface area contributed by atoms with Crippen LogP contribution in [-0.2, 0) is 42.7 Å². The topological polar surface area (TPSA) is 215 Å². The van der Waals surface area contributed by atoms with Crippen molar-refractivity contribution in [2.45, 2.75) is 43.2 Å². The van der Waals surface area contributed by atoms with Crippen LogP contribution in [0.25, 0.3) is 0 Å². The molecule has 1 fully saturated rings. The van der Waals surface area contributed by atoms with Crippen molar-refractivity contribution in [1.82, 2.24) is 0 Å². The summed E-state index contributed by atoms with van der Waals surface area (Å²) in [4.78, 5) is 62.3. The molecule has 1 N–H and O–H groups in total. The van der Waals surface area contributed by atoms with Crippen molar-refractivity contribution in [2.24, 2.45) is 0 Å². The van der Waals surface area contributed by atoms with Crippen molar-refractivity contribution in [3.63, 3.8) is 0 Å². The molecule has 1 aromatic carbocycles. The number of carbonyl (C=O) groups is 4. The van der Waals surface area contributed by atoms with Gasteiger partial charge in [0.25, 0.3) is 0 Å². The molecule has 1 aliphatic rings. The Kier molecular flexibility index (Phi) is 15.7. The van der Waals surface area contributed by atoms with E-state index < -0.39 is 77.6 Å². The van der Waals surface area contributed by atoms with E-state index in [0.717, 1.165) is 12.1 Å². The van der Waals surface area contributed by atoms with Gasteiger partial charge in [0, 0.05) is 12.5 Å². The van der Waals surface area contributed by atoms with E-state index in [2.05, 4.69) is 32.2 Å². The van der Waals surface area contributed by atoms with Crippen LogP contribution in [0, 0.1) is 22.5 Å². The number of esters is 1. The van der Waals surface area contributed by atoms with Crippen LogP contribution in [0.1, 0.15) is 18.1 Å². The monoisotopic (exact) mass is 675 g/mol. The third-order valence-corrected chi connectivity index (χ3v) is 5.84. The normalized spacial score (nSPS) is 20.2. The molecule has 48 heavy (non-hydrogen) atoms. The summed E-state index contributed by atoms with van der Waals surface area (Å²) in [6, 6.07) is 3.28. The van der Waals surface area contributed by atoms with Crippen LogP contribution < -0.4 is 4.74 Å².